The molecule has 98 valence electrons. The molecule has 0 unspecified atom stereocenters. The van der Waals surface area contributed by atoms with E-state index in [0.717, 1.165) is 4.90 Å². The summed E-state index contributed by atoms with van der Waals surface area (Å²) in [7, 11) is 1.44. The SMILES string of the molecule is CN(CC(=O)O)C(=O)CCOc1cccc(Cl)c1. The van der Waals surface area contributed by atoms with E-state index in [2.05, 4.69) is 0 Å². The molecule has 5 nitrogen and oxygen atoms in total. The number of aliphatic carboxylic acids is 1. The first-order chi connectivity index (χ1) is 8.49. The van der Waals surface area contributed by atoms with Gasteiger partial charge in [-0.1, -0.05) is 17.7 Å². The van der Waals surface area contributed by atoms with Gasteiger partial charge < -0.3 is 14.7 Å². The second-order valence-corrected chi connectivity index (χ2v) is 4.14. The summed E-state index contributed by atoms with van der Waals surface area (Å²) in [5.74, 6) is -0.739. The van der Waals surface area contributed by atoms with E-state index in [4.69, 9.17) is 21.4 Å². The van der Waals surface area contributed by atoms with E-state index < -0.39 is 5.97 Å². The van der Waals surface area contributed by atoms with Gasteiger partial charge in [-0.3, -0.25) is 9.59 Å². The molecule has 18 heavy (non-hydrogen) atoms. The average molecular weight is 272 g/mol. The molecule has 0 bridgehead atoms. The first kappa shape index (κ1) is 14.3. The predicted molar refractivity (Wildman–Crippen MR) is 66.8 cm³/mol. The standard InChI is InChI=1S/C12H14ClNO4/c1-14(8-12(16)17)11(15)5-6-18-10-4-2-3-9(13)7-10/h2-4,7H,5-6,8H2,1H3,(H,16,17). The third-order valence-electron chi connectivity index (χ3n) is 2.18. The minimum Gasteiger partial charge on any atom is -0.493 e. The normalized spacial score (nSPS) is 9.89. The van der Waals surface area contributed by atoms with Crippen molar-refractivity contribution in [3.63, 3.8) is 0 Å². The summed E-state index contributed by atoms with van der Waals surface area (Å²) in [4.78, 5) is 23.0. The highest BCUT2D eigenvalue weighted by Gasteiger charge is 2.11. The van der Waals surface area contributed by atoms with Gasteiger partial charge in [0.1, 0.15) is 12.3 Å². The Hall–Kier alpha value is -1.75. The van der Waals surface area contributed by atoms with Gasteiger partial charge in [0.05, 0.1) is 13.0 Å². The third kappa shape index (κ3) is 5.05. The van der Waals surface area contributed by atoms with Crippen molar-refractivity contribution in [2.45, 2.75) is 6.42 Å². The van der Waals surface area contributed by atoms with E-state index >= 15 is 0 Å². The molecule has 0 aliphatic carbocycles. The molecule has 0 aromatic heterocycles. The molecule has 0 saturated carbocycles. The number of carboxylic acid groups (broad SMARTS) is 1. The van der Waals surface area contributed by atoms with Crippen molar-refractivity contribution in [1.82, 2.24) is 4.90 Å². The minimum absolute atomic E-state index is 0.121. The van der Waals surface area contributed by atoms with Crippen LogP contribution in [0.25, 0.3) is 0 Å². The molecule has 0 fully saturated rings. The van der Waals surface area contributed by atoms with E-state index in [1.54, 1.807) is 24.3 Å². The second-order valence-electron chi connectivity index (χ2n) is 3.70. The van der Waals surface area contributed by atoms with Crippen LogP contribution in [0.4, 0.5) is 0 Å². The molecule has 0 saturated heterocycles. The molecule has 0 radical (unpaired) electrons. The molecular formula is C12H14ClNO4. The Balaban J connectivity index is 2.33. The average Bonchev–Trinajstić information content (AvgIpc) is 2.28. The van der Waals surface area contributed by atoms with Crippen LogP contribution in [0.3, 0.4) is 0 Å². The van der Waals surface area contributed by atoms with Crippen molar-refractivity contribution in [2.24, 2.45) is 0 Å². The van der Waals surface area contributed by atoms with Gasteiger partial charge in [-0.05, 0) is 18.2 Å². The first-order valence-electron chi connectivity index (χ1n) is 5.33. The van der Waals surface area contributed by atoms with E-state index in [1.165, 1.54) is 7.05 Å². The van der Waals surface area contributed by atoms with Crippen LogP contribution in [-0.2, 0) is 9.59 Å². The Morgan fingerprint density at radius 1 is 1.44 bits per heavy atom. The number of nitrogens with zero attached hydrogens (tertiary/aromatic N) is 1. The maximum absolute atomic E-state index is 11.5. The Morgan fingerprint density at radius 3 is 2.78 bits per heavy atom. The number of amides is 1. The molecule has 1 aromatic rings. The molecule has 0 atom stereocenters. The van der Waals surface area contributed by atoms with Gasteiger partial charge in [0, 0.05) is 12.1 Å². The number of ether oxygens (including phenoxy) is 1. The minimum atomic E-state index is -1.04. The van der Waals surface area contributed by atoms with Crippen LogP contribution in [0.5, 0.6) is 5.75 Å². The zero-order valence-electron chi connectivity index (χ0n) is 9.93. The molecular weight excluding hydrogens is 258 g/mol. The van der Waals surface area contributed by atoms with Gasteiger partial charge in [0.15, 0.2) is 0 Å². The van der Waals surface area contributed by atoms with Gasteiger partial charge in [0.25, 0.3) is 0 Å². The van der Waals surface area contributed by atoms with E-state index in [-0.39, 0.29) is 25.5 Å². The maximum atomic E-state index is 11.5. The summed E-state index contributed by atoms with van der Waals surface area (Å²) >= 11 is 5.77. The van der Waals surface area contributed by atoms with Crippen LogP contribution >= 0.6 is 11.6 Å². The topological polar surface area (TPSA) is 66.8 Å². The van der Waals surface area contributed by atoms with Crippen LogP contribution in [0.1, 0.15) is 6.42 Å². The number of benzene rings is 1. The first-order valence-corrected chi connectivity index (χ1v) is 5.71. The lowest BCUT2D eigenvalue weighted by atomic mass is 10.3. The molecule has 1 rings (SSSR count). The van der Waals surface area contributed by atoms with Gasteiger partial charge in [0.2, 0.25) is 5.91 Å². The van der Waals surface area contributed by atoms with Gasteiger partial charge in [-0.2, -0.15) is 0 Å². The smallest absolute Gasteiger partial charge is 0.323 e. The number of rotatable bonds is 6. The molecule has 0 spiro atoms. The highest BCUT2D eigenvalue weighted by Crippen LogP contribution is 2.17. The number of halogens is 1. The Kier molecular flexibility index (Phi) is 5.45. The van der Waals surface area contributed by atoms with Crippen molar-refractivity contribution >= 4 is 23.5 Å². The third-order valence-corrected chi connectivity index (χ3v) is 2.41. The van der Waals surface area contributed by atoms with Crippen molar-refractivity contribution in [2.75, 3.05) is 20.2 Å². The second kappa shape index (κ2) is 6.86. The fourth-order valence-corrected chi connectivity index (χ4v) is 1.48. The number of hydrogen-bond acceptors (Lipinski definition) is 3. The highest BCUT2D eigenvalue weighted by atomic mass is 35.5. The van der Waals surface area contributed by atoms with Crippen LogP contribution in [0, 0.1) is 0 Å². The van der Waals surface area contributed by atoms with Crippen molar-refractivity contribution < 1.29 is 19.4 Å². The molecule has 1 amide bonds. The summed E-state index contributed by atoms with van der Waals surface area (Å²) in [6.07, 6.45) is 0.121. The van der Waals surface area contributed by atoms with E-state index in [1.807, 2.05) is 0 Å². The summed E-state index contributed by atoms with van der Waals surface area (Å²) in [5, 5.41) is 9.08. The zero-order valence-corrected chi connectivity index (χ0v) is 10.7. The predicted octanol–water partition coefficient (Wildman–Crippen LogP) is 1.65. The number of carbonyl (C=O) groups is 2. The monoisotopic (exact) mass is 271 g/mol. The quantitative estimate of drug-likeness (QED) is 0.854. The van der Waals surface area contributed by atoms with Crippen molar-refractivity contribution in [3.05, 3.63) is 29.3 Å². The van der Waals surface area contributed by atoms with Gasteiger partial charge >= 0.3 is 5.97 Å². The van der Waals surface area contributed by atoms with Crippen LogP contribution < -0.4 is 4.74 Å². The van der Waals surface area contributed by atoms with Crippen LogP contribution in [0.15, 0.2) is 24.3 Å². The molecule has 0 aliphatic heterocycles. The molecule has 0 aliphatic rings. The van der Waals surface area contributed by atoms with E-state index in [9.17, 15) is 9.59 Å². The van der Waals surface area contributed by atoms with Gasteiger partial charge in [-0.25, -0.2) is 0 Å². The fourth-order valence-electron chi connectivity index (χ4n) is 1.29. The zero-order chi connectivity index (χ0) is 13.5. The maximum Gasteiger partial charge on any atom is 0.323 e. The molecule has 1 aromatic carbocycles. The van der Waals surface area contributed by atoms with Crippen molar-refractivity contribution in [1.29, 1.82) is 0 Å². The lowest BCUT2D eigenvalue weighted by Crippen LogP contribution is -2.32. The summed E-state index contributed by atoms with van der Waals surface area (Å²) in [6, 6.07) is 6.85. The number of carboxylic acids is 1. The molecule has 6 heteroatoms. The van der Waals surface area contributed by atoms with Crippen LogP contribution in [0.2, 0.25) is 5.02 Å². The number of hydrogen-bond donors (Lipinski definition) is 1. The van der Waals surface area contributed by atoms with Crippen molar-refractivity contribution in [3.8, 4) is 5.75 Å². The highest BCUT2D eigenvalue weighted by molar-refractivity contribution is 6.30. The summed E-state index contributed by atoms with van der Waals surface area (Å²) < 4.78 is 5.33. The van der Waals surface area contributed by atoms with Crippen LogP contribution in [-0.4, -0.2) is 42.1 Å². The largest absolute Gasteiger partial charge is 0.493 e. The number of likely N-dealkylation sites (N-methyl/N-ethyl adjacent to an activating group) is 1. The fraction of sp³-hybridized carbons (Fsp3) is 0.333. The summed E-state index contributed by atoms with van der Waals surface area (Å²) in [5.41, 5.74) is 0. The Morgan fingerprint density at radius 2 is 2.17 bits per heavy atom. The molecule has 1 N–H and O–H groups in total. The lowest BCUT2D eigenvalue weighted by molar-refractivity contribution is -0.143. The Bertz CT molecular complexity index is 436. The number of carbonyl (C=O) groups excluding carboxylic acids is 1. The Labute approximate surface area is 110 Å². The lowest BCUT2D eigenvalue weighted by Gasteiger charge is -2.14. The van der Waals surface area contributed by atoms with Gasteiger partial charge in [-0.15, -0.1) is 0 Å². The van der Waals surface area contributed by atoms with E-state index in [0.29, 0.717) is 10.8 Å². The molecule has 0 heterocycles. The summed E-state index contributed by atoms with van der Waals surface area (Å²) in [6.45, 7) is -0.126.